The van der Waals surface area contributed by atoms with E-state index < -0.39 is 18.3 Å². The fourth-order valence-corrected chi connectivity index (χ4v) is 3.24. The molecule has 5 nitrogen and oxygen atoms in total. The Morgan fingerprint density at radius 2 is 1.63 bits per heavy atom. The molecule has 3 aromatic rings. The zero-order valence-electron chi connectivity index (χ0n) is 17.9. The van der Waals surface area contributed by atoms with Gasteiger partial charge >= 0.3 is 7.12 Å². The highest BCUT2D eigenvalue weighted by Gasteiger charge is 2.51. The Morgan fingerprint density at radius 1 is 0.900 bits per heavy atom. The number of rotatable bonds is 6. The Hall–Kier alpha value is -2.83. The highest BCUT2D eigenvalue weighted by Crippen LogP contribution is 2.37. The van der Waals surface area contributed by atoms with Crippen LogP contribution in [0, 0.1) is 0 Å². The standard InChI is InChI=1S/C24H27BN2O3/c1-23(2)24(3,4)30-25(29-23)19-13-21(27-20-11-8-12-26-16-20)15-22(14-19)28-17-18-9-6-5-7-10-18/h5-16,27H,17H2,1-4H3. The monoisotopic (exact) mass is 402 g/mol. The van der Waals surface area contributed by atoms with Crippen LogP contribution in [0.25, 0.3) is 0 Å². The maximum atomic E-state index is 6.26. The number of pyridine rings is 1. The quantitative estimate of drug-likeness (QED) is 0.606. The smallest absolute Gasteiger partial charge is 0.489 e. The third-order valence-electron chi connectivity index (χ3n) is 5.65. The van der Waals surface area contributed by atoms with Gasteiger partial charge in [0.05, 0.1) is 23.1 Å². The van der Waals surface area contributed by atoms with E-state index in [1.807, 2.05) is 60.7 Å². The molecule has 0 radical (unpaired) electrons. The van der Waals surface area contributed by atoms with E-state index in [-0.39, 0.29) is 0 Å². The van der Waals surface area contributed by atoms with Gasteiger partial charge in [0.2, 0.25) is 0 Å². The van der Waals surface area contributed by atoms with Gasteiger partial charge in [-0.05, 0) is 63.0 Å². The van der Waals surface area contributed by atoms with Gasteiger partial charge in [-0.25, -0.2) is 0 Å². The van der Waals surface area contributed by atoms with E-state index in [9.17, 15) is 0 Å². The molecule has 0 amide bonds. The van der Waals surface area contributed by atoms with Crippen LogP contribution in [0.15, 0.2) is 73.1 Å². The Balaban J connectivity index is 1.62. The fourth-order valence-electron chi connectivity index (χ4n) is 3.24. The van der Waals surface area contributed by atoms with Crippen molar-refractivity contribution in [1.82, 2.24) is 4.98 Å². The summed E-state index contributed by atoms with van der Waals surface area (Å²) in [6, 6.07) is 20.0. The zero-order chi connectivity index (χ0) is 21.2. The molecule has 0 saturated carbocycles. The molecule has 1 aliphatic rings. The van der Waals surface area contributed by atoms with Crippen molar-refractivity contribution in [3.8, 4) is 5.75 Å². The van der Waals surface area contributed by atoms with Crippen molar-refractivity contribution in [3.63, 3.8) is 0 Å². The number of hydrogen-bond acceptors (Lipinski definition) is 5. The first-order valence-electron chi connectivity index (χ1n) is 10.2. The molecular formula is C24H27BN2O3. The Kier molecular flexibility index (Phi) is 5.54. The number of benzene rings is 2. The van der Waals surface area contributed by atoms with E-state index in [4.69, 9.17) is 14.0 Å². The zero-order valence-corrected chi connectivity index (χ0v) is 17.9. The van der Waals surface area contributed by atoms with Crippen LogP contribution in [0.5, 0.6) is 5.75 Å². The predicted octanol–water partition coefficient (Wildman–Crippen LogP) is 4.70. The van der Waals surface area contributed by atoms with E-state index in [0.29, 0.717) is 6.61 Å². The van der Waals surface area contributed by atoms with E-state index in [2.05, 4.69) is 38.0 Å². The lowest BCUT2D eigenvalue weighted by Gasteiger charge is -2.32. The van der Waals surface area contributed by atoms with Crippen LogP contribution in [0.1, 0.15) is 33.3 Å². The normalized spacial score (nSPS) is 17.0. The van der Waals surface area contributed by atoms with Crippen molar-refractivity contribution in [3.05, 3.63) is 78.6 Å². The van der Waals surface area contributed by atoms with Crippen LogP contribution in [0.2, 0.25) is 0 Å². The second-order valence-corrected chi connectivity index (χ2v) is 8.52. The van der Waals surface area contributed by atoms with Gasteiger partial charge < -0.3 is 19.4 Å². The summed E-state index contributed by atoms with van der Waals surface area (Å²) in [5, 5.41) is 3.39. The first kappa shape index (κ1) is 20.4. The van der Waals surface area contributed by atoms with Crippen LogP contribution < -0.4 is 15.5 Å². The number of aromatic nitrogens is 1. The van der Waals surface area contributed by atoms with Crippen molar-refractivity contribution in [2.75, 3.05) is 5.32 Å². The summed E-state index contributed by atoms with van der Waals surface area (Å²) in [7, 11) is -0.468. The van der Waals surface area contributed by atoms with E-state index in [0.717, 1.165) is 28.2 Å². The summed E-state index contributed by atoms with van der Waals surface area (Å²) < 4.78 is 18.6. The molecule has 1 N–H and O–H groups in total. The van der Waals surface area contributed by atoms with Crippen LogP contribution in [0.4, 0.5) is 11.4 Å². The van der Waals surface area contributed by atoms with Crippen LogP contribution in [-0.2, 0) is 15.9 Å². The van der Waals surface area contributed by atoms with Crippen molar-refractivity contribution in [2.24, 2.45) is 0 Å². The van der Waals surface area contributed by atoms with Gasteiger partial charge in [-0.1, -0.05) is 30.3 Å². The van der Waals surface area contributed by atoms with Crippen LogP contribution in [-0.4, -0.2) is 23.3 Å². The van der Waals surface area contributed by atoms with Gasteiger partial charge in [0.1, 0.15) is 12.4 Å². The third kappa shape index (κ3) is 4.50. The Bertz CT molecular complexity index is 978. The van der Waals surface area contributed by atoms with Gasteiger partial charge in [-0.2, -0.15) is 0 Å². The molecule has 1 aliphatic heterocycles. The first-order valence-corrected chi connectivity index (χ1v) is 10.2. The molecule has 1 saturated heterocycles. The van der Waals surface area contributed by atoms with Gasteiger partial charge in [-0.15, -0.1) is 0 Å². The number of hydrogen-bond donors (Lipinski definition) is 1. The Labute approximate surface area is 178 Å². The third-order valence-corrected chi connectivity index (χ3v) is 5.65. The summed E-state index contributed by atoms with van der Waals surface area (Å²) in [6.07, 6.45) is 3.53. The summed E-state index contributed by atoms with van der Waals surface area (Å²) >= 11 is 0. The molecule has 1 fully saturated rings. The second kappa shape index (κ2) is 8.13. The van der Waals surface area contributed by atoms with E-state index in [1.54, 1.807) is 12.4 Å². The minimum absolute atomic E-state index is 0.407. The second-order valence-electron chi connectivity index (χ2n) is 8.52. The van der Waals surface area contributed by atoms with Crippen molar-refractivity contribution < 1.29 is 14.0 Å². The van der Waals surface area contributed by atoms with Crippen molar-refractivity contribution in [1.29, 1.82) is 0 Å². The predicted molar refractivity (Wildman–Crippen MR) is 120 cm³/mol. The average molecular weight is 402 g/mol. The highest BCUT2D eigenvalue weighted by atomic mass is 16.7. The lowest BCUT2D eigenvalue weighted by atomic mass is 9.78. The van der Waals surface area contributed by atoms with E-state index in [1.165, 1.54) is 0 Å². The van der Waals surface area contributed by atoms with E-state index >= 15 is 0 Å². The van der Waals surface area contributed by atoms with Crippen molar-refractivity contribution >= 4 is 24.0 Å². The maximum Gasteiger partial charge on any atom is 0.495 e. The number of nitrogens with zero attached hydrogens (tertiary/aromatic N) is 1. The molecule has 1 aromatic heterocycles. The number of ether oxygens (including phenoxy) is 1. The summed E-state index contributed by atoms with van der Waals surface area (Å²) in [4.78, 5) is 4.17. The minimum atomic E-state index is -0.468. The topological polar surface area (TPSA) is 52.6 Å². The summed E-state index contributed by atoms with van der Waals surface area (Å²) in [6.45, 7) is 8.70. The van der Waals surface area contributed by atoms with Crippen LogP contribution in [0.3, 0.4) is 0 Å². The van der Waals surface area contributed by atoms with Gasteiger partial charge in [-0.3, -0.25) is 4.98 Å². The molecule has 2 aromatic carbocycles. The average Bonchev–Trinajstić information content (AvgIpc) is 2.95. The molecule has 30 heavy (non-hydrogen) atoms. The number of anilines is 2. The van der Waals surface area contributed by atoms with Gasteiger partial charge in [0, 0.05) is 18.0 Å². The molecule has 0 atom stereocenters. The maximum absolute atomic E-state index is 6.26. The highest BCUT2D eigenvalue weighted by molar-refractivity contribution is 6.62. The number of nitrogens with one attached hydrogen (secondary N) is 1. The first-order chi connectivity index (χ1) is 14.3. The molecule has 0 spiro atoms. The molecule has 154 valence electrons. The molecular weight excluding hydrogens is 375 g/mol. The van der Waals surface area contributed by atoms with Crippen molar-refractivity contribution in [2.45, 2.75) is 45.5 Å². The molecule has 4 rings (SSSR count). The van der Waals surface area contributed by atoms with Gasteiger partial charge in [0.15, 0.2) is 0 Å². The lowest BCUT2D eigenvalue weighted by Crippen LogP contribution is -2.41. The van der Waals surface area contributed by atoms with Gasteiger partial charge in [0.25, 0.3) is 0 Å². The fraction of sp³-hybridized carbons (Fsp3) is 0.292. The summed E-state index contributed by atoms with van der Waals surface area (Å²) in [5.74, 6) is 0.748. The van der Waals surface area contributed by atoms with Crippen LogP contribution >= 0.6 is 0 Å². The molecule has 2 heterocycles. The molecule has 0 unspecified atom stereocenters. The summed E-state index contributed by atoms with van der Waals surface area (Å²) in [5.41, 5.74) is 2.99. The SMILES string of the molecule is CC1(C)OB(c2cc(Nc3cccnc3)cc(OCc3ccccc3)c2)OC1(C)C. The minimum Gasteiger partial charge on any atom is -0.489 e. The lowest BCUT2D eigenvalue weighted by molar-refractivity contribution is 0.00578. The molecule has 0 aliphatic carbocycles. The molecule has 6 heteroatoms. The molecule has 0 bridgehead atoms. The Morgan fingerprint density at radius 3 is 2.30 bits per heavy atom. The largest absolute Gasteiger partial charge is 0.495 e.